The van der Waals surface area contributed by atoms with E-state index in [1.165, 1.54) is 62.6 Å². The lowest BCUT2D eigenvalue weighted by Crippen LogP contribution is -2.50. The molecule has 1 atom stereocenters. The van der Waals surface area contributed by atoms with Crippen LogP contribution >= 0.6 is 0 Å². The van der Waals surface area contributed by atoms with Gasteiger partial charge in [0.2, 0.25) is 0 Å². The monoisotopic (exact) mass is 257 g/mol. The van der Waals surface area contributed by atoms with E-state index >= 15 is 0 Å². The van der Waals surface area contributed by atoms with E-state index in [1.807, 2.05) is 0 Å². The third-order valence-corrected chi connectivity index (χ3v) is 5.36. The lowest BCUT2D eigenvalue weighted by molar-refractivity contribution is -0.0308. The molecule has 1 aromatic rings. The molecule has 2 fully saturated rings. The van der Waals surface area contributed by atoms with Crippen LogP contribution in [0.25, 0.3) is 0 Å². The van der Waals surface area contributed by atoms with Gasteiger partial charge in [0, 0.05) is 29.8 Å². The molecular formula is C17H23NO. The third kappa shape index (κ3) is 1.80. The summed E-state index contributed by atoms with van der Waals surface area (Å²) in [6.45, 7) is 0.935. The molecule has 2 spiro atoms. The molecule has 1 unspecified atom stereocenters. The van der Waals surface area contributed by atoms with E-state index in [0.717, 1.165) is 6.61 Å². The van der Waals surface area contributed by atoms with Crippen molar-refractivity contribution in [3.63, 3.8) is 0 Å². The van der Waals surface area contributed by atoms with E-state index in [2.05, 4.69) is 29.6 Å². The topological polar surface area (TPSA) is 21.3 Å². The van der Waals surface area contributed by atoms with Gasteiger partial charge in [-0.3, -0.25) is 0 Å². The summed E-state index contributed by atoms with van der Waals surface area (Å²) in [6, 6.07) is 8.82. The molecule has 1 aromatic carbocycles. The number of fused-ring (bicyclic) bond motifs is 2. The number of benzene rings is 1. The van der Waals surface area contributed by atoms with Crippen LogP contribution in [0.4, 0.5) is 5.69 Å². The minimum Gasteiger partial charge on any atom is -0.379 e. The second-order valence-corrected chi connectivity index (χ2v) is 6.63. The molecule has 1 saturated carbocycles. The lowest BCUT2D eigenvalue weighted by atomic mass is 9.68. The van der Waals surface area contributed by atoms with Gasteiger partial charge in [-0.05, 0) is 31.7 Å². The van der Waals surface area contributed by atoms with Gasteiger partial charge in [0.15, 0.2) is 0 Å². The summed E-state index contributed by atoms with van der Waals surface area (Å²) in [5.41, 5.74) is 3.05. The molecule has 1 saturated heterocycles. The number of hydrogen-bond acceptors (Lipinski definition) is 2. The molecule has 19 heavy (non-hydrogen) atoms. The zero-order valence-corrected chi connectivity index (χ0v) is 11.6. The standard InChI is InChI=1S/C17H23NO/c1-4-9-16(10-5-1)13-17(11-6-12-19-17)14-7-2-3-8-15(14)18-16/h2-3,7-8,18H,1,4-6,9-13H2. The van der Waals surface area contributed by atoms with E-state index in [4.69, 9.17) is 4.74 Å². The van der Waals surface area contributed by atoms with Crippen molar-refractivity contribution in [2.24, 2.45) is 0 Å². The smallest absolute Gasteiger partial charge is 0.0974 e. The Labute approximate surface area is 115 Å². The fraction of sp³-hybridized carbons (Fsp3) is 0.647. The van der Waals surface area contributed by atoms with Crippen LogP contribution in [0, 0.1) is 0 Å². The van der Waals surface area contributed by atoms with Gasteiger partial charge in [0.05, 0.1) is 5.60 Å². The Morgan fingerprint density at radius 2 is 1.79 bits per heavy atom. The van der Waals surface area contributed by atoms with Gasteiger partial charge >= 0.3 is 0 Å². The first-order valence-corrected chi connectivity index (χ1v) is 7.84. The van der Waals surface area contributed by atoms with Gasteiger partial charge < -0.3 is 10.1 Å². The summed E-state index contributed by atoms with van der Waals surface area (Å²) in [5, 5.41) is 3.88. The summed E-state index contributed by atoms with van der Waals surface area (Å²) in [7, 11) is 0. The molecule has 1 N–H and O–H groups in total. The van der Waals surface area contributed by atoms with Crippen LogP contribution in [0.1, 0.15) is 56.9 Å². The summed E-state index contributed by atoms with van der Waals surface area (Å²) in [4.78, 5) is 0. The predicted molar refractivity (Wildman–Crippen MR) is 77.4 cm³/mol. The highest BCUT2D eigenvalue weighted by molar-refractivity contribution is 5.59. The first kappa shape index (κ1) is 11.8. The van der Waals surface area contributed by atoms with Crippen LogP contribution in [-0.4, -0.2) is 12.1 Å². The number of ether oxygens (including phenoxy) is 1. The number of hydrogen-bond donors (Lipinski definition) is 1. The van der Waals surface area contributed by atoms with Gasteiger partial charge in [-0.25, -0.2) is 0 Å². The first-order chi connectivity index (χ1) is 9.32. The summed E-state index contributed by atoms with van der Waals surface area (Å²) >= 11 is 0. The van der Waals surface area contributed by atoms with Crippen molar-refractivity contribution >= 4 is 5.69 Å². The largest absolute Gasteiger partial charge is 0.379 e. The molecule has 2 nitrogen and oxygen atoms in total. The fourth-order valence-electron chi connectivity index (χ4n) is 4.54. The Kier molecular flexibility index (Phi) is 2.63. The molecule has 0 amide bonds. The molecular weight excluding hydrogens is 234 g/mol. The average Bonchev–Trinajstić information content (AvgIpc) is 2.88. The van der Waals surface area contributed by atoms with Crippen molar-refractivity contribution in [1.82, 2.24) is 0 Å². The van der Waals surface area contributed by atoms with Gasteiger partial charge in [-0.15, -0.1) is 0 Å². The highest BCUT2D eigenvalue weighted by Gasteiger charge is 2.49. The third-order valence-electron chi connectivity index (χ3n) is 5.36. The van der Waals surface area contributed by atoms with E-state index in [0.29, 0.717) is 5.54 Å². The van der Waals surface area contributed by atoms with E-state index in [-0.39, 0.29) is 5.60 Å². The molecule has 3 aliphatic rings. The minimum atomic E-state index is 0.0131. The van der Waals surface area contributed by atoms with E-state index < -0.39 is 0 Å². The molecule has 4 rings (SSSR count). The van der Waals surface area contributed by atoms with Crippen molar-refractivity contribution in [1.29, 1.82) is 0 Å². The summed E-state index contributed by atoms with van der Waals surface area (Å²) in [5.74, 6) is 0. The molecule has 2 aliphatic heterocycles. The highest BCUT2D eigenvalue weighted by Crippen LogP contribution is 2.52. The Hall–Kier alpha value is -1.02. The van der Waals surface area contributed by atoms with Gasteiger partial charge in [-0.2, -0.15) is 0 Å². The number of anilines is 1. The van der Waals surface area contributed by atoms with E-state index in [1.54, 1.807) is 0 Å². The Balaban J connectivity index is 1.78. The molecule has 0 radical (unpaired) electrons. The van der Waals surface area contributed by atoms with Crippen LogP contribution < -0.4 is 5.32 Å². The Bertz CT molecular complexity index is 470. The first-order valence-electron chi connectivity index (χ1n) is 7.84. The molecule has 2 heterocycles. The van der Waals surface area contributed by atoms with Crippen LogP contribution in [0.5, 0.6) is 0 Å². The van der Waals surface area contributed by atoms with Crippen LogP contribution in [-0.2, 0) is 10.3 Å². The van der Waals surface area contributed by atoms with Crippen molar-refractivity contribution in [2.45, 2.75) is 62.5 Å². The minimum absolute atomic E-state index is 0.0131. The van der Waals surface area contributed by atoms with Crippen LogP contribution in [0.3, 0.4) is 0 Å². The number of nitrogens with one attached hydrogen (secondary N) is 1. The second-order valence-electron chi connectivity index (χ2n) is 6.63. The Morgan fingerprint density at radius 1 is 0.947 bits per heavy atom. The SMILES string of the molecule is c1ccc2c(c1)NC1(CCCCC1)CC21CCCO1. The van der Waals surface area contributed by atoms with Crippen molar-refractivity contribution in [2.75, 3.05) is 11.9 Å². The maximum absolute atomic E-state index is 6.30. The van der Waals surface area contributed by atoms with Crippen LogP contribution in [0.15, 0.2) is 24.3 Å². The summed E-state index contributed by atoms with van der Waals surface area (Å²) < 4.78 is 6.30. The molecule has 102 valence electrons. The molecule has 0 bridgehead atoms. The van der Waals surface area contributed by atoms with Crippen molar-refractivity contribution in [3.8, 4) is 0 Å². The quantitative estimate of drug-likeness (QED) is 0.751. The normalized spacial score (nSPS) is 32.2. The van der Waals surface area contributed by atoms with Crippen molar-refractivity contribution in [3.05, 3.63) is 29.8 Å². The molecule has 1 aliphatic carbocycles. The summed E-state index contributed by atoms with van der Waals surface area (Å²) in [6.07, 6.45) is 10.4. The Morgan fingerprint density at radius 3 is 2.58 bits per heavy atom. The highest BCUT2D eigenvalue weighted by atomic mass is 16.5. The van der Waals surface area contributed by atoms with Gasteiger partial charge in [-0.1, -0.05) is 37.5 Å². The number of para-hydroxylation sites is 1. The molecule has 2 heteroatoms. The maximum atomic E-state index is 6.30. The van der Waals surface area contributed by atoms with Gasteiger partial charge in [0.1, 0.15) is 0 Å². The van der Waals surface area contributed by atoms with Gasteiger partial charge in [0.25, 0.3) is 0 Å². The predicted octanol–water partition coefficient (Wildman–Crippen LogP) is 4.21. The lowest BCUT2D eigenvalue weighted by Gasteiger charge is -2.50. The van der Waals surface area contributed by atoms with Crippen LogP contribution in [0.2, 0.25) is 0 Å². The number of rotatable bonds is 0. The zero-order chi connectivity index (χ0) is 12.8. The fourth-order valence-corrected chi connectivity index (χ4v) is 4.54. The molecule has 0 aromatic heterocycles. The van der Waals surface area contributed by atoms with E-state index in [9.17, 15) is 0 Å². The maximum Gasteiger partial charge on any atom is 0.0974 e. The average molecular weight is 257 g/mol. The zero-order valence-electron chi connectivity index (χ0n) is 11.6. The van der Waals surface area contributed by atoms with Crippen molar-refractivity contribution < 1.29 is 4.74 Å². The second kappa shape index (κ2) is 4.24.